The summed E-state index contributed by atoms with van der Waals surface area (Å²) < 4.78 is -0.781. The van der Waals surface area contributed by atoms with Gasteiger partial charge in [0.15, 0.2) is 0 Å². The van der Waals surface area contributed by atoms with Crippen molar-refractivity contribution in [2.75, 3.05) is 0 Å². The fraction of sp³-hybridized carbons (Fsp3) is 0.286. The summed E-state index contributed by atoms with van der Waals surface area (Å²) in [7, 11) is 0. The number of pyridine rings is 1. The first-order chi connectivity index (χ1) is 8.50. The second-order valence-corrected chi connectivity index (χ2v) is 6.19. The Kier molecular flexibility index (Phi) is 3.57. The molecule has 0 fully saturated rings. The molecule has 2 rings (SSSR count). The number of hydrogen-bond acceptors (Lipinski definition) is 3. The Morgan fingerprint density at radius 1 is 1.33 bits per heavy atom. The first-order valence-electron chi connectivity index (χ1n) is 5.71. The van der Waals surface area contributed by atoms with Gasteiger partial charge in [-0.2, -0.15) is 0 Å². The topological polar surface area (TPSA) is 50.2 Å². The van der Waals surface area contributed by atoms with E-state index in [9.17, 15) is 4.79 Å². The lowest BCUT2D eigenvalue weighted by Gasteiger charge is -2.18. The fourth-order valence-electron chi connectivity index (χ4n) is 1.60. The van der Waals surface area contributed by atoms with Crippen LogP contribution in [0.4, 0.5) is 0 Å². The number of carbonyl (C=O) groups is 1. The van der Waals surface area contributed by atoms with Crippen molar-refractivity contribution in [2.45, 2.75) is 24.3 Å². The molecule has 0 spiro atoms. The van der Waals surface area contributed by atoms with E-state index >= 15 is 0 Å². The monoisotopic (exact) mass is 261 g/mol. The Labute approximate surface area is 110 Å². The molecular formula is C14H15NO2S. The van der Waals surface area contributed by atoms with Gasteiger partial charge >= 0.3 is 5.97 Å². The minimum absolute atomic E-state index is 0.646. The predicted octanol–water partition coefficient (Wildman–Crippen LogP) is 3.33. The van der Waals surface area contributed by atoms with Crippen LogP contribution in [0.3, 0.4) is 0 Å². The Bertz CT molecular complexity index is 576. The van der Waals surface area contributed by atoms with Crippen LogP contribution in [0.1, 0.15) is 19.4 Å². The molecule has 0 aliphatic heterocycles. The molecule has 0 bridgehead atoms. The number of thioether (sulfide) groups is 1. The fourth-order valence-corrected chi connectivity index (χ4v) is 2.48. The van der Waals surface area contributed by atoms with Crippen molar-refractivity contribution in [3.63, 3.8) is 0 Å². The molecule has 1 aromatic carbocycles. The maximum absolute atomic E-state index is 11.1. The molecule has 4 heteroatoms. The number of fused-ring (bicyclic) bond motifs is 1. The van der Waals surface area contributed by atoms with E-state index in [2.05, 4.69) is 4.98 Å². The van der Waals surface area contributed by atoms with Gasteiger partial charge in [-0.15, -0.1) is 11.8 Å². The molecular weight excluding hydrogens is 246 g/mol. The van der Waals surface area contributed by atoms with Crippen molar-refractivity contribution in [1.29, 1.82) is 0 Å². The summed E-state index contributed by atoms with van der Waals surface area (Å²) in [6, 6.07) is 9.91. The largest absolute Gasteiger partial charge is 0.480 e. The van der Waals surface area contributed by atoms with E-state index in [0.29, 0.717) is 5.75 Å². The van der Waals surface area contributed by atoms with Crippen molar-refractivity contribution in [1.82, 2.24) is 4.98 Å². The Balaban J connectivity index is 2.25. The second kappa shape index (κ2) is 4.98. The number of para-hydroxylation sites is 1. The quantitative estimate of drug-likeness (QED) is 0.917. The van der Waals surface area contributed by atoms with Gasteiger partial charge in [0.1, 0.15) is 4.75 Å². The van der Waals surface area contributed by atoms with Gasteiger partial charge in [0, 0.05) is 17.3 Å². The molecule has 1 aromatic heterocycles. The summed E-state index contributed by atoms with van der Waals surface area (Å²) >= 11 is 1.42. The van der Waals surface area contributed by atoms with Crippen LogP contribution >= 0.6 is 11.8 Å². The maximum atomic E-state index is 11.1. The summed E-state index contributed by atoms with van der Waals surface area (Å²) in [6.45, 7) is 3.44. The van der Waals surface area contributed by atoms with Crippen molar-refractivity contribution in [3.05, 3.63) is 42.1 Å². The van der Waals surface area contributed by atoms with Crippen LogP contribution in [-0.2, 0) is 10.5 Å². The molecule has 1 heterocycles. The average molecular weight is 261 g/mol. The van der Waals surface area contributed by atoms with Crippen molar-refractivity contribution >= 4 is 28.6 Å². The summed E-state index contributed by atoms with van der Waals surface area (Å²) in [5.41, 5.74) is 2.03. The standard InChI is InChI=1S/C14H15NO2S/c1-14(2,13(16)17)18-9-11-6-3-5-10-7-4-8-15-12(10)11/h3-8H,9H2,1-2H3,(H,16,17). The third kappa shape index (κ3) is 2.64. The number of aliphatic carboxylic acids is 1. The lowest BCUT2D eigenvalue weighted by Crippen LogP contribution is -2.27. The van der Waals surface area contributed by atoms with Crippen LogP contribution in [0.25, 0.3) is 10.9 Å². The zero-order chi connectivity index (χ0) is 13.2. The van der Waals surface area contributed by atoms with Crippen LogP contribution in [0.2, 0.25) is 0 Å². The molecule has 0 radical (unpaired) electrons. The van der Waals surface area contributed by atoms with E-state index in [-0.39, 0.29) is 0 Å². The number of carboxylic acids is 1. The van der Waals surface area contributed by atoms with Crippen molar-refractivity contribution < 1.29 is 9.90 Å². The number of rotatable bonds is 4. The van der Waals surface area contributed by atoms with E-state index in [0.717, 1.165) is 16.5 Å². The molecule has 0 aliphatic rings. The Morgan fingerprint density at radius 2 is 2.06 bits per heavy atom. The van der Waals surface area contributed by atoms with Crippen LogP contribution in [0.5, 0.6) is 0 Å². The van der Waals surface area contributed by atoms with Gasteiger partial charge in [-0.05, 0) is 25.5 Å². The highest BCUT2D eigenvalue weighted by Crippen LogP contribution is 2.30. The number of carboxylic acid groups (broad SMARTS) is 1. The first-order valence-corrected chi connectivity index (χ1v) is 6.69. The minimum Gasteiger partial charge on any atom is -0.480 e. The van der Waals surface area contributed by atoms with E-state index in [1.807, 2.05) is 30.3 Å². The first kappa shape index (κ1) is 12.9. The van der Waals surface area contributed by atoms with Gasteiger partial charge in [0.05, 0.1) is 5.52 Å². The molecule has 2 aromatic rings. The molecule has 3 nitrogen and oxygen atoms in total. The second-order valence-electron chi connectivity index (χ2n) is 4.60. The molecule has 1 N–H and O–H groups in total. The Morgan fingerprint density at radius 3 is 2.78 bits per heavy atom. The molecule has 0 unspecified atom stereocenters. The smallest absolute Gasteiger partial charge is 0.319 e. The summed E-state index contributed by atoms with van der Waals surface area (Å²) in [5, 5.41) is 10.2. The number of aromatic nitrogens is 1. The van der Waals surface area contributed by atoms with Crippen molar-refractivity contribution in [3.8, 4) is 0 Å². The van der Waals surface area contributed by atoms with Crippen LogP contribution in [-0.4, -0.2) is 20.8 Å². The zero-order valence-corrected chi connectivity index (χ0v) is 11.2. The average Bonchev–Trinajstić information content (AvgIpc) is 2.36. The number of benzene rings is 1. The summed E-state index contributed by atoms with van der Waals surface area (Å²) in [4.78, 5) is 15.4. The van der Waals surface area contributed by atoms with Crippen LogP contribution in [0.15, 0.2) is 36.5 Å². The predicted molar refractivity (Wildman–Crippen MR) is 74.8 cm³/mol. The normalized spacial score (nSPS) is 11.7. The molecule has 0 atom stereocenters. The molecule has 0 aliphatic carbocycles. The van der Waals surface area contributed by atoms with Crippen molar-refractivity contribution in [2.24, 2.45) is 0 Å². The third-order valence-electron chi connectivity index (χ3n) is 2.82. The highest BCUT2D eigenvalue weighted by Gasteiger charge is 2.27. The van der Waals surface area contributed by atoms with Crippen LogP contribution < -0.4 is 0 Å². The molecule has 94 valence electrons. The van der Waals surface area contributed by atoms with Gasteiger partial charge in [0.25, 0.3) is 0 Å². The Hall–Kier alpha value is -1.55. The molecule has 18 heavy (non-hydrogen) atoms. The lowest BCUT2D eigenvalue weighted by atomic mass is 10.1. The highest BCUT2D eigenvalue weighted by molar-refractivity contribution is 8.00. The third-order valence-corrected chi connectivity index (χ3v) is 4.17. The van der Waals surface area contributed by atoms with E-state index < -0.39 is 10.7 Å². The van der Waals surface area contributed by atoms with Gasteiger partial charge < -0.3 is 5.11 Å². The minimum atomic E-state index is -0.791. The molecule has 0 saturated carbocycles. The van der Waals surface area contributed by atoms with Gasteiger partial charge in [-0.1, -0.05) is 24.3 Å². The van der Waals surface area contributed by atoms with E-state index in [1.54, 1.807) is 20.0 Å². The number of hydrogen-bond donors (Lipinski definition) is 1. The maximum Gasteiger partial charge on any atom is 0.319 e. The van der Waals surface area contributed by atoms with E-state index in [1.165, 1.54) is 11.8 Å². The highest BCUT2D eigenvalue weighted by atomic mass is 32.2. The lowest BCUT2D eigenvalue weighted by molar-refractivity contribution is -0.138. The van der Waals surface area contributed by atoms with Gasteiger partial charge in [-0.3, -0.25) is 9.78 Å². The molecule has 0 amide bonds. The number of nitrogens with zero attached hydrogens (tertiary/aromatic N) is 1. The summed E-state index contributed by atoms with van der Waals surface area (Å²) in [6.07, 6.45) is 1.76. The van der Waals surface area contributed by atoms with Crippen LogP contribution in [0, 0.1) is 0 Å². The van der Waals surface area contributed by atoms with Gasteiger partial charge in [0.2, 0.25) is 0 Å². The SMILES string of the molecule is CC(C)(SCc1cccc2cccnc12)C(=O)O. The zero-order valence-electron chi connectivity index (χ0n) is 10.4. The van der Waals surface area contributed by atoms with Gasteiger partial charge in [-0.25, -0.2) is 0 Å². The molecule has 0 saturated heterocycles. The van der Waals surface area contributed by atoms with E-state index in [4.69, 9.17) is 5.11 Å². The summed E-state index contributed by atoms with van der Waals surface area (Å²) in [5.74, 6) is -0.145.